The molecular formula is C12H14N4O2S. The Morgan fingerprint density at radius 3 is 2.53 bits per heavy atom. The van der Waals surface area contributed by atoms with Gasteiger partial charge in [0.1, 0.15) is 6.33 Å². The van der Waals surface area contributed by atoms with Crippen LogP contribution in [-0.4, -0.2) is 18.4 Å². The summed E-state index contributed by atoms with van der Waals surface area (Å²) >= 11 is 0. The first-order chi connectivity index (χ1) is 9.05. The molecule has 0 spiro atoms. The van der Waals surface area contributed by atoms with E-state index in [-0.39, 0.29) is 12.3 Å². The Hall–Kier alpha value is -1.99. The Morgan fingerprint density at radius 1 is 1.16 bits per heavy atom. The number of anilines is 1. The minimum Gasteiger partial charge on any atom is -0.399 e. The van der Waals surface area contributed by atoms with Crippen LogP contribution in [0.2, 0.25) is 0 Å². The second-order valence-corrected chi connectivity index (χ2v) is 5.83. The third kappa shape index (κ3) is 4.31. The van der Waals surface area contributed by atoms with Crippen molar-refractivity contribution in [3.8, 4) is 0 Å². The van der Waals surface area contributed by atoms with Gasteiger partial charge in [0.25, 0.3) is 0 Å². The number of hydrogen-bond acceptors (Lipinski definition) is 5. The lowest BCUT2D eigenvalue weighted by Crippen LogP contribution is -2.25. The van der Waals surface area contributed by atoms with Crippen LogP contribution in [-0.2, 0) is 22.3 Å². The quantitative estimate of drug-likeness (QED) is 0.784. The van der Waals surface area contributed by atoms with Gasteiger partial charge in [-0.15, -0.1) is 0 Å². The highest BCUT2D eigenvalue weighted by molar-refractivity contribution is 7.88. The van der Waals surface area contributed by atoms with E-state index in [1.807, 2.05) is 0 Å². The summed E-state index contributed by atoms with van der Waals surface area (Å²) in [5.74, 6) is -0.0850. The predicted molar refractivity (Wildman–Crippen MR) is 72.3 cm³/mol. The van der Waals surface area contributed by atoms with Gasteiger partial charge in [0.15, 0.2) is 0 Å². The molecule has 0 atom stereocenters. The van der Waals surface area contributed by atoms with Crippen molar-refractivity contribution in [2.24, 2.45) is 0 Å². The number of nitrogen functional groups attached to an aromatic ring is 1. The number of sulfonamides is 1. The second kappa shape index (κ2) is 5.77. The fraction of sp³-hybridized carbons (Fsp3) is 0.167. The lowest BCUT2D eigenvalue weighted by atomic mass is 10.2. The summed E-state index contributed by atoms with van der Waals surface area (Å²) in [4.78, 5) is 7.71. The number of nitrogens with zero attached hydrogens (tertiary/aromatic N) is 2. The average molecular weight is 278 g/mol. The van der Waals surface area contributed by atoms with Crippen molar-refractivity contribution in [1.82, 2.24) is 14.7 Å². The third-order valence-electron chi connectivity index (χ3n) is 2.45. The largest absolute Gasteiger partial charge is 0.399 e. The Labute approximate surface area is 111 Å². The number of hydrogen-bond donors (Lipinski definition) is 2. The SMILES string of the molecule is Nc1ccc(CS(=O)(=O)NCc2ccncn2)cc1. The van der Waals surface area contributed by atoms with Gasteiger partial charge in [-0.1, -0.05) is 12.1 Å². The van der Waals surface area contributed by atoms with Crippen LogP contribution in [0.4, 0.5) is 5.69 Å². The van der Waals surface area contributed by atoms with Crippen LogP contribution in [0.1, 0.15) is 11.3 Å². The van der Waals surface area contributed by atoms with E-state index in [1.54, 1.807) is 36.5 Å². The molecule has 0 bridgehead atoms. The standard InChI is InChI=1S/C12H14N4O2S/c13-11-3-1-10(2-4-11)8-19(17,18)16-7-12-5-6-14-9-15-12/h1-6,9,16H,7-8,13H2. The van der Waals surface area contributed by atoms with Crippen molar-refractivity contribution in [3.63, 3.8) is 0 Å². The Morgan fingerprint density at radius 2 is 1.89 bits per heavy atom. The first-order valence-electron chi connectivity index (χ1n) is 5.62. The lowest BCUT2D eigenvalue weighted by molar-refractivity contribution is 0.579. The van der Waals surface area contributed by atoms with E-state index in [0.29, 0.717) is 16.9 Å². The number of nitrogens with one attached hydrogen (secondary N) is 1. The molecule has 0 fully saturated rings. The summed E-state index contributed by atoms with van der Waals surface area (Å²) < 4.78 is 26.2. The summed E-state index contributed by atoms with van der Waals surface area (Å²) in [5.41, 5.74) is 7.46. The zero-order chi connectivity index (χ0) is 13.7. The van der Waals surface area contributed by atoms with Crippen LogP contribution in [0.5, 0.6) is 0 Å². The van der Waals surface area contributed by atoms with Crippen LogP contribution >= 0.6 is 0 Å². The third-order valence-corrected chi connectivity index (χ3v) is 3.75. The first-order valence-corrected chi connectivity index (χ1v) is 7.27. The molecule has 6 nitrogen and oxygen atoms in total. The highest BCUT2D eigenvalue weighted by Gasteiger charge is 2.11. The summed E-state index contributed by atoms with van der Waals surface area (Å²) in [5, 5.41) is 0. The number of aromatic nitrogens is 2. The zero-order valence-corrected chi connectivity index (χ0v) is 11.0. The molecule has 100 valence electrons. The van der Waals surface area contributed by atoms with Crippen molar-refractivity contribution in [3.05, 3.63) is 54.1 Å². The van der Waals surface area contributed by atoms with E-state index in [9.17, 15) is 8.42 Å². The highest BCUT2D eigenvalue weighted by Crippen LogP contribution is 2.08. The highest BCUT2D eigenvalue weighted by atomic mass is 32.2. The fourth-order valence-corrected chi connectivity index (χ4v) is 2.59. The molecule has 2 rings (SSSR count). The van der Waals surface area contributed by atoms with Gasteiger partial charge in [0, 0.05) is 11.9 Å². The van der Waals surface area contributed by atoms with Gasteiger partial charge in [0.05, 0.1) is 18.0 Å². The minimum atomic E-state index is -3.40. The van der Waals surface area contributed by atoms with Crippen molar-refractivity contribution >= 4 is 15.7 Å². The van der Waals surface area contributed by atoms with E-state index < -0.39 is 10.0 Å². The van der Waals surface area contributed by atoms with Gasteiger partial charge < -0.3 is 5.73 Å². The number of benzene rings is 1. The summed E-state index contributed by atoms with van der Waals surface area (Å²) in [7, 11) is -3.40. The first kappa shape index (κ1) is 13.4. The van der Waals surface area contributed by atoms with E-state index in [1.165, 1.54) is 6.33 Å². The Bertz CT molecular complexity index is 627. The Balaban J connectivity index is 1.97. The maximum absolute atomic E-state index is 11.9. The van der Waals surface area contributed by atoms with Crippen molar-refractivity contribution in [1.29, 1.82) is 0 Å². The van der Waals surface area contributed by atoms with Gasteiger partial charge in [0.2, 0.25) is 10.0 Å². The molecule has 3 N–H and O–H groups in total. The van der Waals surface area contributed by atoms with E-state index in [2.05, 4.69) is 14.7 Å². The molecule has 0 saturated heterocycles. The van der Waals surface area contributed by atoms with E-state index in [0.717, 1.165) is 0 Å². The molecule has 0 saturated carbocycles. The predicted octanol–water partition coefficient (Wildman–Crippen LogP) is 0.678. The van der Waals surface area contributed by atoms with Crippen LogP contribution < -0.4 is 10.5 Å². The maximum Gasteiger partial charge on any atom is 0.216 e. The van der Waals surface area contributed by atoms with Crippen LogP contribution in [0.15, 0.2) is 42.9 Å². The topological polar surface area (TPSA) is 98.0 Å². The lowest BCUT2D eigenvalue weighted by Gasteiger charge is -2.06. The summed E-state index contributed by atoms with van der Waals surface area (Å²) in [6.07, 6.45) is 2.94. The molecule has 0 aliphatic carbocycles. The van der Waals surface area contributed by atoms with Gasteiger partial charge in [-0.2, -0.15) is 0 Å². The molecule has 0 unspecified atom stereocenters. The molecular weight excluding hydrogens is 264 g/mol. The fourth-order valence-electron chi connectivity index (χ4n) is 1.49. The molecule has 0 radical (unpaired) electrons. The van der Waals surface area contributed by atoms with Crippen molar-refractivity contribution in [2.45, 2.75) is 12.3 Å². The average Bonchev–Trinajstić information content (AvgIpc) is 2.40. The smallest absolute Gasteiger partial charge is 0.216 e. The zero-order valence-electron chi connectivity index (χ0n) is 10.2. The molecule has 19 heavy (non-hydrogen) atoms. The molecule has 1 aromatic carbocycles. The van der Waals surface area contributed by atoms with Crippen molar-refractivity contribution < 1.29 is 8.42 Å². The van der Waals surface area contributed by atoms with Crippen LogP contribution in [0, 0.1) is 0 Å². The normalized spacial score (nSPS) is 11.4. The molecule has 0 amide bonds. The Kier molecular flexibility index (Phi) is 4.08. The maximum atomic E-state index is 11.9. The van der Waals surface area contributed by atoms with Gasteiger partial charge in [-0.25, -0.2) is 23.1 Å². The molecule has 0 aliphatic heterocycles. The molecule has 7 heteroatoms. The van der Waals surface area contributed by atoms with Crippen LogP contribution in [0.3, 0.4) is 0 Å². The van der Waals surface area contributed by atoms with Gasteiger partial charge in [-0.05, 0) is 23.8 Å². The summed E-state index contributed by atoms with van der Waals surface area (Å²) in [6, 6.07) is 8.40. The molecule has 0 aliphatic rings. The van der Waals surface area contributed by atoms with Crippen molar-refractivity contribution in [2.75, 3.05) is 5.73 Å². The van der Waals surface area contributed by atoms with E-state index >= 15 is 0 Å². The minimum absolute atomic E-state index is 0.0850. The van der Waals surface area contributed by atoms with Gasteiger partial charge in [-0.3, -0.25) is 0 Å². The van der Waals surface area contributed by atoms with E-state index in [4.69, 9.17) is 5.73 Å². The number of nitrogens with two attached hydrogens (primary N) is 1. The number of rotatable bonds is 5. The van der Waals surface area contributed by atoms with Gasteiger partial charge >= 0.3 is 0 Å². The molecule has 2 aromatic rings. The van der Waals surface area contributed by atoms with Crippen LogP contribution in [0.25, 0.3) is 0 Å². The second-order valence-electron chi connectivity index (χ2n) is 4.02. The monoisotopic (exact) mass is 278 g/mol. The molecule has 1 aromatic heterocycles. The summed E-state index contributed by atoms with van der Waals surface area (Å²) in [6.45, 7) is 0.153. The molecule has 1 heterocycles.